The van der Waals surface area contributed by atoms with Gasteiger partial charge in [-0.1, -0.05) is 29.8 Å². The molecule has 2 aromatic rings. The minimum absolute atomic E-state index is 0.150. The number of rotatable bonds is 7. The Morgan fingerprint density at radius 1 is 1.33 bits per heavy atom. The van der Waals surface area contributed by atoms with Gasteiger partial charge >= 0.3 is 0 Å². The first-order valence-corrected chi connectivity index (χ1v) is 7.98. The molecular weight excluding hydrogens is 306 g/mol. The number of ether oxygens (including phenoxy) is 1. The van der Waals surface area contributed by atoms with E-state index in [4.69, 9.17) is 16.3 Å². The summed E-state index contributed by atoms with van der Waals surface area (Å²) in [4.78, 5) is 4.48. The molecule has 0 bridgehead atoms. The fourth-order valence-electron chi connectivity index (χ4n) is 2.05. The molecule has 1 N–H and O–H groups in total. The van der Waals surface area contributed by atoms with Gasteiger partial charge in [0, 0.05) is 35.6 Å². The molecule has 114 valence electrons. The number of hydrogen-bond acceptors (Lipinski definition) is 5. The van der Waals surface area contributed by atoms with Crippen LogP contribution in [-0.2, 0) is 17.6 Å². The zero-order valence-corrected chi connectivity index (χ0v) is 14.1. The molecule has 0 spiro atoms. The van der Waals surface area contributed by atoms with Gasteiger partial charge in [-0.2, -0.15) is 4.37 Å². The van der Waals surface area contributed by atoms with Gasteiger partial charge < -0.3 is 10.1 Å². The molecule has 4 nitrogen and oxygen atoms in total. The Kier molecular flexibility index (Phi) is 5.56. The maximum absolute atomic E-state index is 6.23. The summed E-state index contributed by atoms with van der Waals surface area (Å²) in [6, 6.07) is 7.92. The topological polar surface area (TPSA) is 47.0 Å². The van der Waals surface area contributed by atoms with Crippen molar-refractivity contribution in [3.63, 3.8) is 0 Å². The molecule has 0 fully saturated rings. The lowest BCUT2D eigenvalue weighted by atomic mass is 9.95. The number of methoxy groups -OCH3 is 1. The second-order valence-corrected chi connectivity index (χ2v) is 6.69. The lowest BCUT2D eigenvalue weighted by Gasteiger charge is -2.26. The van der Waals surface area contributed by atoms with Crippen LogP contribution >= 0.6 is 23.1 Å². The van der Waals surface area contributed by atoms with Gasteiger partial charge in [0.05, 0.1) is 6.61 Å². The number of hydrogen-bond donors (Lipinski definition) is 1. The number of nitrogens with one attached hydrogen (secondary N) is 1. The van der Waals surface area contributed by atoms with Crippen LogP contribution in [0, 0.1) is 0 Å². The summed E-state index contributed by atoms with van der Waals surface area (Å²) in [5.41, 5.74) is 0.976. The number of halogens is 1. The van der Waals surface area contributed by atoms with Crippen molar-refractivity contribution in [2.75, 3.05) is 19.0 Å². The van der Waals surface area contributed by atoms with E-state index in [9.17, 15) is 0 Å². The first-order valence-electron chi connectivity index (χ1n) is 6.83. The highest BCUT2D eigenvalue weighted by atomic mass is 35.5. The van der Waals surface area contributed by atoms with Gasteiger partial charge in [-0.15, -0.1) is 0 Å². The number of aromatic nitrogens is 2. The van der Waals surface area contributed by atoms with Crippen LogP contribution in [-0.4, -0.2) is 28.6 Å². The van der Waals surface area contributed by atoms with Gasteiger partial charge in [-0.25, -0.2) is 4.98 Å². The van der Waals surface area contributed by atoms with Crippen molar-refractivity contribution in [1.82, 2.24) is 9.36 Å². The Morgan fingerprint density at radius 2 is 2.10 bits per heavy atom. The third-order valence-corrected chi connectivity index (χ3v) is 4.07. The van der Waals surface area contributed by atoms with E-state index in [2.05, 4.69) is 34.6 Å². The quantitative estimate of drug-likeness (QED) is 0.840. The molecule has 21 heavy (non-hydrogen) atoms. The van der Waals surface area contributed by atoms with Crippen molar-refractivity contribution in [2.45, 2.75) is 32.2 Å². The molecule has 1 aromatic heterocycles. The standard InChI is InChI=1S/C15H20ClN3OS/c1-15(2,10-11-6-4-5-7-12(11)16)18-14-17-13(19-21-14)8-9-20-3/h4-7H,8-10H2,1-3H3,(H,17,18,19). The maximum atomic E-state index is 6.23. The molecule has 0 aliphatic heterocycles. The number of benzene rings is 1. The van der Waals surface area contributed by atoms with Crippen LogP contribution < -0.4 is 5.32 Å². The third kappa shape index (κ3) is 4.95. The van der Waals surface area contributed by atoms with Crippen LogP contribution in [0.2, 0.25) is 5.02 Å². The molecule has 1 heterocycles. The van der Waals surface area contributed by atoms with E-state index in [1.807, 2.05) is 18.2 Å². The van der Waals surface area contributed by atoms with Gasteiger partial charge in [0.2, 0.25) is 5.13 Å². The Hall–Kier alpha value is -1.17. The summed E-state index contributed by atoms with van der Waals surface area (Å²) in [7, 11) is 1.68. The average Bonchev–Trinajstić information content (AvgIpc) is 2.85. The summed E-state index contributed by atoms with van der Waals surface area (Å²) in [6.45, 7) is 4.90. The molecule has 0 aliphatic rings. The molecule has 0 amide bonds. The predicted octanol–water partition coefficient (Wildman–Crippen LogP) is 3.81. The summed E-state index contributed by atoms with van der Waals surface area (Å²) in [5.74, 6) is 0.817. The van der Waals surface area contributed by atoms with Crippen molar-refractivity contribution in [2.24, 2.45) is 0 Å². The minimum Gasteiger partial charge on any atom is -0.384 e. The highest BCUT2D eigenvalue weighted by Gasteiger charge is 2.21. The zero-order valence-electron chi connectivity index (χ0n) is 12.5. The smallest absolute Gasteiger partial charge is 0.202 e. The van der Waals surface area contributed by atoms with E-state index >= 15 is 0 Å². The molecule has 6 heteroatoms. The lowest BCUT2D eigenvalue weighted by Crippen LogP contribution is -2.33. The van der Waals surface area contributed by atoms with Crippen molar-refractivity contribution >= 4 is 28.3 Å². The summed E-state index contributed by atoms with van der Waals surface area (Å²) in [5, 5.41) is 5.06. The number of anilines is 1. The van der Waals surface area contributed by atoms with Crippen LogP contribution in [0.25, 0.3) is 0 Å². The Morgan fingerprint density at radius 3 is 2.81 bits per heavy atom. The Bertz CT molecular complexity index is 586. The van der Waals surface area contributed by atoms with E-state index in [-0.39, 0.29) is 5.54 Å². The average molecular weight is 326 g/mol. The molecule has 2 rings (SSSR count). The summed E-state index contributed by atoms with van der Waals surface area (Å²) >= 11 is 7.61. The molecule has 0 aliphatic carbocycles. The van der Waals surface area contributed by atoms with E-state index in [1.165, 1.54) is 11.5 Å². The molecule has 0 atom stereocenters. The highest BCUT2D eigenvalue weighted by Crippen LogP contribution is 2.24. The van der Waals surface area contributed by atoms with E-state index in [0.29, 0.717) is 6.61 Å². The Labute approximate surface area is 134 Å². The SMILES string of the molecule is COCCc1nsc(NC(C)(C)Cc2ccccc2Cl)n1. The van der Waals surface area contributed by atoms with Gasteiger partial charge in [0.1, 0.15) is 5.82 Å². The van der Waals surface area contributed by atoms with E-state index in [1.54, 1.807) is 7.11 Å². The van der Waals surface area contributed by atoms with Gasteiger partial charge in [-0.05, 0) is 31.9 Å². The second-order valence-electron chi connectivity index (χ2n) is 5.54. The molecule has 0 saturated carbocycles. The highest BCUT2D eigenvalue weighted by molar-refractivity contribution is 7.09. The van der Waals surface area contributed by atoms with Crippen molar-refractivity contribution < 1.29 is 4.74 Å². The summed E-state index contributed by atoms with van der Waals surface area (Å²) < 4.78 is 9.36. The molecule has 0 radical (unpaired) electrons. The third-order valence-electron chi connectivity index (χ3n) is 3.03. The van der Waals surface area contributed by atoms with E-state index in [0.717, 1.165) is 34.4 Å². The zero-order chi connectivity index (χ0) is 15.3. The molecule has 0 saturated heterocycles. The van der Waals surface area contributed by atoms with Gasteiger partial charge in [0.15, 0.2) is 0 Å². The van der Waals surface area contributed by atoms with Gasteiger partial charge in [0.25, 0.3) is 0 Å². The monoisotopic (exact) mass is 325 g/mol. The predicted molar refractivity (Wildman–Crippen MR) is 88.3 cm³/mol. The largest absolute Gasteiger partial charge is 0.384 e. The second kappa shape index (κ2) is 7.20. The maximum Gasteiger partial charge on any atom is 0.202 e. The molecule has 1 aromatic carbocycles. The molecular formula is C15H20ClN3OS. The fraction of sp³-hybridized carbons (Fsp3) is 0.467. The van der Waals surface area contributed by atoms with Crippen molar-refractivity contribution in [1.29, 1.82) is 0 Å². The van der Waals surface area contributed by atoms with Crippen LogP contribution in [0.15, 0.2) is 24.3 Å². The van der Waals surface area contributed by atoms with Crippen LogP contribution in [0.3, 0.4) is 0 Å². The molecule has 0 unspecified atom stereocenters. The normalized spacial score (nSPS) is 11.6. The minimum atomic E-state index is -0.150. The van der Waals surface area contributed by atoms with Gasteiger partial charge in [-0.3, -0.25) is 0 Å². The summed E-state index contributed by atoms with van der Waals surface area (Å²) in [6.07, 6.45) is 1.55. The Balaban J connectivity index is 2.00. The number of nitrogens with zero attached hydrogens (tertiary/aromatic N) is 2. The van der Waals surface area contributed by atoms with Crippen molar-refractivity contribution in [3.05, 3.63) is 40.7 Å². The van der Waals surface area contributed by atoms with Crippen molar-refractivity contribution in [3.8, 4) is 0 Å². The van der Waals surface area contributed by atoms with Crippen LogP contribution in [0.1, 0.15) is 25.2 Å². The van der Waals surface area contributed by atoms with Crippen LogP contribution in [0.5, 0.6) is 0 Å². The van der Waals surface area contributed by atoms with Crippen LogP contribution in [0.4, 0.5) is 5.13 Å². The fourth-order valence-corrected chi connectivity index (χ4v) is 3.05. The van der Waals surface area contributed by atoms with E-state index < -0.39 is 0 Å². The lowest BCUT2D eigenvalue weighted by molar-refractivity contribution is 0.201. The first kappa shape index (κ1) is 16.2. The first-order chi connectivity index (χ1) is 10.00.